The van der Waals surface area contributed by atoms with Crippen LogP contribution in [0.5, 0.6) is 0 Å². The molecule has 0 N–H and O–H groups in total. The van der Waals surface area contributed by atoms with Gasteiger partial charge < -0.3 is 14.5 Å². The summed E-state index contributed by atoms with van der Waals surface area (Å²) in [6.07, 6.45) is 7.93. The number of nitrogens with zero attached hydrogens (tertiary/aromatic N) is 4. The van der Waals surface area contributed by atoms with Gasteiger partial charge in [0.05, 0.1) is 13.2 Å². The van der Waals surface area contributed by atoms with Gasteiger partial charge in [-0.1, -0.05) is 12.1 Å². The molecule has 0 atom stereocenters. The average molecular weight is 296 g/mol. The van der Waals surface area contributed by atoms with Crippen LogP contribution in [-0.2, 0) is 7.05 Å². The van der Waals surface area contributed by atoms with Crippen molar-refractivity contribution in [2.45, 2.75) is 0 Å². The number of imidazole rings is 1. The summed E-state index contributed by atoms with van der Waals surface area (Å²) in [5, 5.41) is 10.8. The summed E-state index contributed by atoms with van der Waals surface area (Å²) in [5.74, 6) is 1.04. The van der Waals surface area contributed by atoms with Gasteiger partial charge in [-0.05, 0) is 28.7 Å². The van der Waals surface area contributed by atoms with Crippen LogP contribution in [0.1, 0.15) is 11.4 Å². The van der Waals surface area contributed by atoms with Crippen molar-refractivity contribution >= 4 is 18.0 Å². The van der Waals surface area contributed by atoms with E-state index in [2.05, 4.69) is 9.97 Å². The first-order valence-corrected chi connectivity index (χ1v) is 6.49. The molecule has 0 aliphatic heterocycles. The molecule has 7 nitrogen and oxygen atoms in total. The second-order valence-electron chi connectivity index (χ2n) is 4.58. The SMILES string of the molecule is Cn1c([N+](=O)[O-])cnc1C=Cc1ccc(-c2ncco2)cc1. The third kappa shape index (κ3) is 2.64. The first-order chi connectivity index (χ1) is 10.6. The Bertz CT molecular complexity index is 817. The van der Waals surface area contributed by atoms with Crippen LogP contribution in [0.2, 0.25) is 0 Å². The molecule has 3 rings (SSSR count). The molecule has 0 aliphatic carbocycles. The van der Waals surface area contributed by atoms with Crippen LogP contribution in [0.25, 0.3) is 23.6 Å². The summed E-state index contributed by atoms with van der Waals surface area (Å²) in [4.78, 5) is 18.4. The maximum atomic E-state index is 10.8. The quantitative estimate of drug-likeness (QED) is 0.545. The average Bonchev–Trinajstić information content (AvgIpc) is 3.15. The number of nitro groups is 1. The summed E-state index contributed by atoms with van der Waals surface area (Å²) in [6.45, 7) is 0. The maximum Gasteiger partial charge on any atom is 0.342 e. The molecule has 3 aromatic rings. The Kier molecular flexibility index (Phi) is 3.53. The zero-order valence-electron chi connectivity index (χ0n) is 11.7. The molecule has 22 heavy (non-hydrogen) atoms. The highest BCUT2D eigenvalue weighted by atomic mass is 16.6. The fraction of sp³-hybridized carbons (Fsp3) is 0.0667. The number of rotatable bonds is 4. The molecule has 2 heterocycles. The highest BCUT2D eigenvalue weighted by Gasteiger charge is 2.13. The van der Waals surface area contributed by atoms with Crippen LogP contribution < -0.4 is 0 Å². The predicted molar refractivity (Wildman–Crippen MR) is 80.7 cm³/mol. The van der Waals surface area contributed by atoms with Crippen molar-refractivity contribution < 1.29 is 9.34 Å². The fourth-order valence-corrected chi connectivity index (χ4v) is 2.01. The van der Waals surface area contributed by atoms with Gasteiger partial charge in [0, 0.05) is 11.6 Å². The smallest absolute Gasteiger partial charge is 0.342 e. The van der Waals surface area contributed by atoms with E-state index < -0.39 is 4.92 Å². The molecule has 0 amide bonds. The molecule has 7 heteroatoms. The Balaban J connectivity index is 1.80. The van der Waals surface area contributed by atoms with Gasteiger partial charge >= 0.3 is 5.82 Å². The summed E-state index contributed by atoms with van der Waals surface area (Å²) < 4.78 is 6.65. The molecular weight excluding hydrogens is 284 g/mol. The number of oxazole rings is 1. The number of hydrogen-bond acceptors (Lipinski definition) is 5. The standard InChI is InChI=1S/C15H12N4O3/c1-18-13(17-10-14(18)19(20)21)7-4-11-2-5-12(6-3-11)15-16-8-9-22-15/h2-10H,1H3. The molecule has 2 aromatic heterocycles. The lowest BCUT2D eigenvalue weighted by atomic mass is 10.1. The lowest BCUT2D eigenvalue weighted by molar-refractivity contribution is -0.391. The van der Waals surface area contributed by atoms with Gasteiger partial charge in [0.25, 0.3) is 0 Å². The number of hydrogen-bond donors (Lipinski definition) is 0. The van der Waals surface area contributed by atoms with E-state index >= 15 is 0 Å². The van der Waals surface area contributed by atoms with Crippen molar-refractivity contribution in [1.82, 2.24) is 14.5 Å². The summed E-state index contributed by atoms with van der Waals surface area (Å²) >= 11 is 0. The van der Waals surface area contributed by atoms with Gasteiger partial charge in [0.15, 0.2) is 0 Å². The first-order valence-electron chi connectivity index (χ1n) is 6.49. The Morgan fingerprint density at radius 3 is 2.59 bits per heavy atom. The van der Waals surface area contributed by atoms with Crippen LogP contribution in [0.4, 0.5) is 5.82 Å². The molecule has 1 aromatic carbocycles. The Hall–Kier alpha value is -3.22. The topological polar surface area (TPSA) is 87.0 Å². The lowest BCUT2D eigenvalue weighted by Gasteiger charge is -1.97. The van der Waals surface area contributed by atoms with Crippen molar-refractivity contribution in [1.29, 1.82) is 0 Å². The zero-order chi connectivity index (χ0) is 15.5. The Morgan fingerprint density at radius 2 is 2.00 bits per heavy atom. The van der Waals surface area contributed by atoms with Crippen molar-refractivity contribution in [3.05, 3.63) is 64.4 Å². The van der Waals surface area contributed by atoms with Gasteiger partial charge in [-0.3, -0.25) is 0 Å². The number of aromatic nitrogens is 3. The molecule has 0 spiro atoms. The minimum Gasteiger partial charge on any atom is -0.445 e. The fourth-order valence-electron chi connectivity index (χ4n) is 2.01. The molecule has 0 radical (unpaired) electrons. The van der Waals surface area contributed by atoms with Crippen molar-refractivity contribution in [3.8, 4) is 11.5 Å². The molecule has 0 fully saturated rings. The van der Waals surface area contributed by atoms with E-state index in [-0.39, 0.29) is 5.82 Å². The predicted octanol–water partition coefficient (Wildman–Crippen LogP) is 3.15. The lowest BCUT2D eigenvalue weighted by Crippen LogP contribution is -1.98. The van der Waals surface area contributed by atoms with Crippen molar-refractivity contribution in [2.24, 2.45) is 7.05 Å². The molecule has 0 saturated carbocycles. The van der Waals surface area contributed by atoms with E-state index in [1.165, 1.54) is 17.0 Å². The molecule has 0 saturated heterocycles. The van der Waals surface area contributed by atoms with Crippen LogP contribution in [0.3, 0.4) is 0 Å². The van der Waals surface area contributed by atoms with E-state index in [9.17, 15) is 10.1 Å². The molecule has 0 unspecified atom stereocenters. The normalized spacial score (nSPS) is 11.1. The summed E-state index contributed by atoms with van der Waals surface area (Å²) in [5.41, 5.74) is 1.83. The van der Waals surface area contributed by atoms with Crippen molar-refractivity contribution in [2.75, 3.05) is 0 Å². The molecule has 110 valence electrons. The van der Waals surface area contributed by atoms with Gasteiger partial charge in [0.1, 0.15) is 12.5 Å². The largest absolute Gasteiger partial charge is 0.445 e. The van der Waals surface area contributed by atoms with Crippen LogP contribution in [0.15, 0.2) is 47.3 Å². The van der Waals surface area contributed by atoms with E-state index in [1.54, 1.807) is 19.3 Å². The molecular formula is C15H12N4O3. The second-order valence-corrected chi connectivity index (χ2v) is 4.58. The molecule has 0 aliphatic rings. The van der Waals surface area contributed by atoms with E-state index in [0.29, 0.717) is 11.7 Å². The monoisotopic (exact) mass is 296 g/mol. The van der Waals surface area contributed by atoms with E-state index in [1.807, 2.05) is 30.3 Å². The van der Waals surface area contributed by atoms with Gasteiger partial charge in [0.2, 0.25) is 11.7 Å². The van der Waals surface area contributed by atoms with E-state index in [0.717, 1.165) is 11.1 Å². The Labute approximate surface area is 125 Å². The van der Waals surface area contributed by atoms with Gasteiger partial charge in [-0.15, -0.1) is 0 Å². The first kappa shape index (κ1) is 13.7. The van der Waals surface area contributed by atoms with Gasteiger partial charge in [-0.2, -0.15) is 0 Å². The minimum atomic E-state index is -0.463. The highest BCUT2D eigenvalue weighted by Crippen LogP contribution is 2.19. The summed E-state index contributed by atoms with van der Waals surface area (Å²) in [7, 11) is 1.61. The third-order valence-corrected chi connectivity index (χ3v) is 3.20. The number of benzene rings is 1. The highest BCUT2D eigenvalue weighted by molar-refractivity contribution is 5.69. The van der Waals surface area contributed by atoms with Crippen LogP contribution in [0, 0.1) is 10.1 Å². The maximum absolute atomic E-state index is 10.8. The van der Waals surface area contributed by atoms with Gasteiger partial charge in [-0.25, -0.2) is 14.5 Å². The van der Waals surface area contributed by atoms with Crippen LogP contribution >= 0.6 is 0 Å². The summed E-state index contributed by atoms with van der Waals surface area (Å²) in [6, 6.07) is 7.61. The van der Waals surface area contributed by atoms with E-state index in [4.69, 9.17) is 4.42 Å². The zero-order valence-corrected chi connectivity index (χ0v) is 11.7. The second kappa shape index (κ2) is 5.65. The van der Waals surface area contributed by atoms with Crippen LogP contribution in [-0.4, -0.2) is 19.5 Å². The third-order valence-electron chi connectivity index (χ3n) is 3.20. The Morgan fingerprint density at radius 1 is 1.23 bits per heavy atom. The molecule has 0 bridgehead atoms. The minimum absolute atomic E-state index is 0.0427. The van der Waals surface area contributed by atoms with Crippen molar-refractivity contribution in [3.63, 3.8) is 0 Å².